The Balaban J connectivity index is 1.28. The minimum absolute atomic E-state index is 0.0501. The lowest BCUT2D eigenvalue weighted by molar-refractivity contribution is -0.127. The molecule has 1 aliphatic heterocycles. The molecule has 8 nitrogen and oxygen atoms in total. The summed E-state index contributed by atoms with van der Waals surface area (Å²) in [4.78, 5) is 13.0. The number of anilines is 1. The van der Waals surface area contributed by atoms with Crippen molar-refractivity contribution in [3.8, 4) is 17.2 Å². The van der Waals surface area contributed by atoms with Crippen LogP contribution in [0.3, 0.4) is 0 Å². The highest BCUT2D eigenvalue weighted by molar-refractivity contribution is 7.92. The lowest BCUT2D eigenvalue weighted by Crippen LogP contribution is -2.51. The van der Waals surface area contributed by atoms with Crippen molar-refractivity contribution in [1.82, 2.24) is 5.32 Å². The average molecular weight is 553 g/mol. The molecule has 0 saturated heterocycles. The number of halogens is 1. The Morgan fingerprint density at radius 1 is 1.00 bits per heavy atom. The Morgan fingerprint density at radius 2 is 1.74 bits per heavy atom. The second-order valence-electron chi connectivity index (χ2n) is 8.58. The molecule has 0 unspecified atom stereocenters. The van der Waals surface area contributed by atoms with Crippen LogP contribution in [-0.4, -0.2) is 47.2 Å². The van der Waals surface area contributed by atoms with Gasteiger partial charge in [0.1, 0.15) is 23.9 Å². The van der Waals surface area contributed by atoms with Crippen molar-refractivity contribution in [2.24, 2.45) is 0 Å². The molecule has 1 N–H and O–H groups in total. The number of hydrogen-bond acceptors (Lipinski definition) is 6. The summed E-state index contributed by atoms with van der Waals surface area (Å²) in [5.41, 5.74) is 0.261. The molecule has 5 rings (SSSR count). The van der Waals surface area contributed by atoms with E-state index in [4.69, 9.17) is 25.8 Å². The van der Waals surface area contributed by atoms with Crippen LogP contribution in [0, 0.1) is 0 Å². The van der Waals surface area contributed by atoms with Gasteiger partial charge >= 0.3 is 0 Å². The van der Waals surface area contributed by atoms with Gasteiger partial charge in [-0.25, -0.2) is 8.42 Å². The highest BCUT2D eigenvalue weighted by atomic mass is 35.5. The minimum atomic E-state index is -4.03. The van der Waals surface area contributed by atoms with E-state index in [1.165, 1.54) is 25.3 Å². The van der Waals surface area contributed by atoms with Crippen LogP contribution in [0.1, 0.15) is 0 Å². The Bertz CT molecular complexity index is 1580. The van der Waals surface area contributed by atoms with Crippen molar-refractivity contribution in [3.63, 3.8) is 0 Å². The zero-order valence-corrected chi connectivity index (χ0v) is 22.0. The molecule has 0 fully saturated rings. The van der Waals surface area contributed by atoms with Crippen molar-refractivity contribution >= 4 is 44.0 Å². The summed E-state index contributed by atoms with van der Waals surface area (Å²) in [5.74, 6) is 1.000. The Morgan fingerprint density at radius 3 is 2.50 bits per heavy atom. The van der Waals surface area contributed by atoms with Gasteiger partial charge in [0.25, 0.3) is 15.9 Å². The third-order valence-corrected chi connectivity index (χ3v) is 8.15. The van der Waals surface area contributed by atoms with Crippen molar-refractivity contribution in [2.75, 3.05) is 31.1 Å². The number of sulfonamides is 1. The number of carbonyl (C=O) groups excluding carboxylic acids is 1. The highest BCUT2D eigenvalue weighted by Crippen LogP contribution is 2.39. The third-order valence-electron chi connectivity index (χ3n) is 6.12. The maximum Gasteiger partial charge on any atom is 0.264 e. The van der Waals surface area contributed by atoms with Gasteiger partial charge in [0.15, 0.2) is 6.10 Å². The molecule has 1 atom stereocenters. The first-order valence-corrected chi connectivity index (χ1v) is 13.7. The number of nitrogens with zero attached hydrogens (tertiary/aromatic N) is 1. The fourth-order valence-corrected chi connectivity index (χ4v) is 5.81. The normalized spacial score (nSPS) is 14.9. The fourth-order valence-electron chi connectivity index (χ4n) is 4.18. The number of benzene rings is 4. The highest BCUT2D eigenvalue weighted by Gasteiger charge is 2.37. The van der Waals surface area contributed by atoms with Gasteiger partial charge in [-0.15, -0.1) is 0 Å². The van der Waals surface area contributed by atoms with Crippen molar-refractivity contribution in [1.29, 1.82) is 0 Å². The molecule has 196 valence electrons. The van der Waals surface area contributed by atoms with Crippen molar-refractivity contribution in [2.45, 2.75) is 11.0 Å². The van der Waals surface area contributed by atoms with Crippen LogP contribution < -0.4 is 23.8 Å². The molecule has 0 aliphatic carbocycles. The van der Waals surface area contributed by atoms with E-state index in [1.807, 2.05) is 42.5 Å². The van der Waals surface area contributed by atoms with Crippen LogP contribution in [0.4, 0.5) is 5.69 Å². The molecular weight excluding hydrogens is 528 g/mol. The smallest absolute Gasteiger partial charge is 0.264 e. The summed E-state index contributed by atoms with van der Waals surface area (Å²) in [6.07, 6.45) is -1.07. The number of ether oxygens (including phenoxy) is 3. The van der Waals surface area contributed by atoms with Gasteiger partial charge in [-0.3, -0.25) is 9.10 Å². The topological polar surface area (TPSA) is 94.2 Å². The van der Waals surface area contributed by atoms with Crippen LogP contribution in [-0.2, 0) is 14.8 Å². The van der Waals surface area contributed by atoms with E-state index >= 15 is 0 Å². The van der Waals surface area contributed by atoms with Gasteiger partial charge in [0.2, 0.25) is 0 Å². The SMILES string of the molecule is COc1ccc(S(=O)(=O)N2C[C@@H](C(=O)NCCOc3ccc4ccccc4c3)Oc3ccc(Cl)cc32)cc1. The van der Waals surface area contributed by atoms with E-state index in [-0.39, 0.29) is 36.0 Å². The van der Waals surface area contributed by atoms with Crippen molar-refractivity contribution in [3.05, 3.63) is 90.0 Å². The minimum Gasteiger partial charge on any atom is -0.497 e. The maximum atomic E-state index is 13.6. The van der Waals surface area contributed by atoms with Gasteiger partial charge in [0.05, 0.1) is 30.8 Å². The number of amides is 1. The van der Waals surface area contributed by atoms with Gasteiger partial charge in [-0.1, -0.05) is 41.9 Å². The zero-order valence-electron chi connectivity index (χ0n) is 20.5. The predicted molar refractivity (Wildman–Crippen MR) is 146 cm³/mol. The first-order chi connectivity index (χ1) is 18.3. The molecule has 0 radical (unpaired) electrons. The van der Waals surface area contributed by atoms with Crippen LogP contribution in [0.2, 0.25) is 5.02 Å². The number of fused-ring (bicyclic) bond motifs is 2. The first kappa shape index (κ1) is 25.7. The van der Waals surface area contributed by atoms with E-state index in [0.717, 1.165) is 15.1 Å². The molecule has 1 aliphatic rings. The summed E-state index contributed by atoms with van der Waals surface area (Å²) < 4.78 is 45.1. The monoisotopic (exact) mass is 552 g/mol. The lowest BCUT2D eigenvalue weighted by Gasteiger charge is -2.34. The average Bonchev–Trinajstić information content (AvgIpc) is 2.94. The van der Waals surface area contributed by atoms with Crippen molar-refractivity contribution < 1.29 is 27.4 Å². The lowest BCUT2D eigenvalue weighted by atomic mass is 10.1. The second-order valence-corrected chi connectivity index (χ2v) is 10.9. The van der Waals surface area contributed by atoms with Crippen LogP contribution in [0.5, 0.6) is 17.2 Å². The summed E-state index contributed by atoms with van der Waals surface area (Å²) in [6, 6.07) is 24.4. The largest absolute Gasteiger partial charge is 0.497 e. The molecule has 1 heterocycles. The number of nitrogens with one attached hydrogen (secondary N) is 1. The molecule has 4 aromatic carbocycles. The molecule has 1 amide bonds. The van der Waals surface area contributed by atoms with E-state index in [0.29, 0.717) is 16.5 Å². The number of methoxy groups -OCH3 is 1. The van der Waals surface area contributed by atoms with Gasteiger partial charge < -0.3 is 19.5 Å². The van der Waals surface area contributed by atoms with E-state index in [9.17, 15) is 13.2 Å². The van der Waals surface area contributed by atoms with E-state index in [1.54, 1.807) is 24.3 Å². The van der Waals surface area contributed by atoms with Gasteiger partial charge in [-0.05, 0) is 65.4 Å². The number of carbonyl (C=O) groups is 1. The molecule has 0 aromatic heterocycles. The summed E-state index contributed by atoms with van der Waals surface area (Å²) in [6.45, 7) is 0.222. The number of hydrogen-bond donors (Lipinski definition) is 1. The predicted octanol–water partition coefficient (Wildman–Crippen LogP) is 4.65. The third kappa shape index (κ3) is 5.34. The van der Waals surface area contributed by atoms with Crippen LogP contribution in [0.15, 0.2) is 89.8 Å². The first-order valence-electron chi connectivity index (χ1n) is 11.9. The van der Waals surface area contributed by atoms with Crippen LogP contribution >= 0.6 is 11.6 Å². The summed E-state index contributed by atoms with van der Waals surface area (Å²) >= 11 is 6.16. The maximum absolute atomic E-state index is 13.6. The van der Waals surface area contributed by atoms with Gasteiger partial charge in [0, 0.05) is 5.02 Å². The Hall–Kier alpha value is -3.95. The molecule has 0 bridgehead atoms. The standard InChI is InChI=1S/C28H25ClN2O6S/c1-35-22-9-11-24(12-10-22)38(33,34)31-18-27(37-26-13-7-21(29)17-25(26)31)28(32)30-14-15-36-23-8-6-19-4-2-3-5-20(19)16-23/h2-13,16-17,27H,14-15,18H2,1H3,(H,30,32)/t27-/m0/s1. The molecule has 38 heavy (non-hydrogen) atoms. The fraction of sp³-hybridized carbons (Fsp3) is 0.179. The second kappa shape index (κ2) is 10.8. The molecule has 0 spiro atoms. The Labute approximate surface area is 225 Å². The van der Waals surface area contributed by atoms with E-state index in [2.05, 4.69) is 5.32 Å². The van der Waals surface area contributed by atoms with Gasteiger partial charge in [-0.2, -0.15) is 0 Å². The molecule has 0 saturated carbocycles. The Kier molecular flexibility index (Phi) is 7.31. The molecule has 10 heteroatoms. The zero-order chi connectivity index (χ0) is 26.7. The summed E-state index contributed by atoms with van der Waals surface area (Å²) in [7, 11) is -2.53. The van der Waals surface area contributed by atoms with Crippen LogP contribution in [0.25, 0.3) is 10.8 Å². The van der Waals surface area contributed by atoms with E-state index < -0.39 is 22.0 Å². The molecule has 4 aromatic rings. The quantitative estimate of drug-likeness (QED) is 0.320. The molecular formula is C28H25ClN2O6S. The summed E-state index contributed by atoms with van der Waals surface area (Å²) in [5, 5.41) is 5.29. The number of rotatable bonds is 8.